The van der Waals surface area contributed by atoms with E-state index in [-0.39, 0.29) is 40.9 Å². The molecule has 0 heterocycles. The lowest BCUT2D eigenvalue weighted by molar-refractivity contribution is -0.140. The molecule has 4 aromatic carbocycles. The topological polar surface area (TPSA) is 96.0 Å². The second kappa shape index (κ2) is 14.7. The lowest BCUT2D eigenvalue weighted by Gasteiger charge is -2.34. The van der Waals surface area contributed by atoms with Gasteiger partial charge in [-0.05, 0) is 49.7 Å². The Balaban J connectivity index is 1.83. The number of anilines is 1. The van der Waals surface area contributed by atoms with Crippen molar-refractivity contribution in [2.75, 3.05) is 18.0 Å². The Morgan fingerprint density at radius 2 is 1.43 bits per heavy atom. The van der Waals surface area contributed by atoms with E-state index in [1.807, 2.05) is 30.3 Å². The minimum atomic E-state index is -4.29. The number of hydrogen-bond acceptors (Lipinski definition) is 5. The zero-order valence-electron chi connectivity index (χ0n) is 24.9. The van der Waals surface area contributed by atoms with Crippen LogP contribution in [0.15, 0.2) is 114 Å². The molecule has 1 atom stereocenters. The van der Waals surface area contributed by atoms with Crippen molar-refractivity contribution in [1.82, 2.24) is 10.2 Å². The molecule has 2 amide bonds. The predicted octanol–water partition coefficient (Wildman–Crippen LogP) is 5.19. The summed E-state index contributed by atoms with van der Waals surface area (Å²) in [6, 6.07) is 28.0. The van der Waals surface area contributed by atoms with E-state index >= 15 is 0 Å². The lowest BCUT2D eigenvalue weighted by atomic mass is 10.0. The quantitative estimate of drug-likeness (QED) is 0.223. The fraction of sp³-hybridized carbons (Fsp3) is 0.235. The van der Waals surface area contributed by atoms with Gasteiger partial charge in [-0.3, -0.25) is 13.9 Å². The van der Waals surface area contributed by atoms with Crippen molar-refractivity contribution in [1.29, 1.82) is 0 Å². The molecule has 0 saturated heterocycles. The Hall–Kier alpha value is -4.70. The summed E-state index contributed by atoms with van der Waals surface area (Å²) in [6.45, 7) is 2.67. The van der Waals surface area contributed by atoms with Crippen LogP contribution in [0.2, 0.25) is 0 Å². The summed E-state index contributed by atoms with van der Waals surface area (Å²) in [5.41, 5.74) is 1.11. The van der Waals surface area contributed by atoms with Gasteiger partial charge in [0.1, 0.15) is 24.2 Å². The van der Waals surface area contributed by atoms with Gasteiger partial charge in [0.25, 0.3) is 10.0 Å². The summed E-state index contributed by atoms with van der Waals surface area (Å²) >= 11 is 0. The molecule has 1 N–H and O–H groups in total. The lowest BCUT2D eigenvalue weighted by Crippen LogP contribution is -2.54. The number of amides is 2. The third kappa shape index (κ3) is 7.82. The fourth-order valence-electron chi connectivity index (χ4n) is 4.81. The standard InChI is InChI=1S/C34H36FN3O5S/c1-25(2)36-34(40)31(22-26-14-6-4-7-15-26)37(23-27-16-10-11-19-29(27)35)33(39)24-38(30-20-12-13-21-32(30)43-3)44(41,42)28-17-8-5-9-18-28/h4-21,25,31H,22-24H2,1-3H3,(H,36,40). The highest BCUT2D eigenvalue weighted by Crippen LogP contribution is 2.32. The molecule has 0 fully saturated rings. The molecular weight excluding hydrogens is 581 g/mol. The first-order valence-corrected chi connectivity index (χ1v) is 15.6. The number of nitrogens with zero attached hydrogens (tertiary/aromatic N) is 2. The number of methoxy groups -OCH3 is 1. The second-order valence-electron chi connectivity index (χ2n) is 10.5. The van der Waals surface area contributed by atoms with E-state index in [0.29, 0.717) is 0 Å². The number of halogens is 1. The van der Waals surface area contributed by atoms with Gasteiger partial charge < -0.3 is 15.0 Å². The Bertz CT molecular complexity index is 1670. The minimum Gasteiger partial charge on any atom is -0.495 e. The first-order valence-electron chi connectivity index (χ1n) is 14.2. The summed E-state index contributed by atoms with van der Waals surface area (Å²) in [4.78, 5) is 29.3. The summed E-state index contributed by atoms with van der Waals surface area (Å²) in [7, 11) is -2.88. The maximum Gasteiger partial charge on any atom is 0.264 e. The van der Waals surface area contributed by atoms with Crippen LogP contribution in [0.25, 0.3) is 0 Å². The van der Waals surface area contributed by atoms with Gasteiger partial charge in [-0.1, -0.05) is 78.9 Å². The van der Waals surface area contributed by atoms with Crippen LogP contribution in [0.3, 0.4) is 0 Å². The van der Waals surface area contributed by atoms with E-state index in [1.54, 1.807) is 62.4 Å². The molecule has 0 aromatic heterocycles. The largest absolute Gasteiger partial charge is 0.495 e. The molecule has 1 unspecified atom stereocenters. The van der Waals surface area contributed by atoms with Crippen molar-refractivity contribution in [3.63, 3.8) is 0 Å². The van der Waals surface area contributed by atoms with Gasteiger partial charge >= 0.3 is 0 Å². The molecule has 0 aliphatic carbocycles. The average molecular weight is 618 g/mol. The van der Waals surface area contributed by atoms with Crippen molar-refractivity contribution >= 4 is 27.5 Å². The zero-order valence-corrected chi connectivity index (χ0v) is 25.7. The van der Waals surface area contributed by atoms with Crippen molar-refractivity contribution in [2.45, 2.75) is 43.8 Å². The van der Waals surface area contributed by atoms with Gasteiger partial charge in [0.05, 0.1) is 17.7 Å². The number of ether oxygens (including phenoxy) is 1. The highest BCUT2D eigenvalue weighted by molar-refractivity contribution is 7.92. The molecule has 10 heteroatoms. The van der Waals surface area contributed by atoms with E-state index in [9.17, 15) is 22.4 Å². The van der Waals surface area contributed by atoms with Crippen LogP contribution in [0, 0.1) is 5.82 Å². The number of benzene rings is 4. The number of sulfonamides is 1. The Kier molecular flexibility index (Phi) is 10.7. The normalized spacial score (nSPS) is 11.9. The van der Waals surface area contributed by atoms with Crippen LogP contribution in [0.4, 0.5) is 10.1 Å². The van der Waals surface area contributed by atoms with Gasteiger partial charge in [0.15, 0.2) is 0 Å². The molecule has 0 spiro atoms. The molecule has 0 saturated carbocycles. The SMILES string of the molecule is COc1ccccc1N(CC(=O)N(Cc1ccccc1F)C(Cc1ccccc1)C(=O)NC(C)C)S(=O)(=O)c1ccccc1. The minimum absolute atomic E-state index is 0.0299. The zero-order chi connectivity index (χ0) is 31.7. The maximum absolute atomic E-state index is 15.0. The third-order valence-corrected chi connectivity index (χ3v) is 8.74. The predicted molar refractivity (Wildman–Crippen MR) is 168 cm³/mol. The molecule has 8 nitrogen and oxygen atoms in total. The number of nitrogens with one attached hydrogen (secondary N) is 1. The number of para-hydroxylation sites is 2. The molecule has 4 aromatic rings. The molecule has 0 aliphatic rings. The summed E-state index contributed by atoms with van der Waals surface area (Å²) in [5.74, 6) is -1.45. The van der Waals surface area contributed by atoms with Crippen molar-refractivity contribution in [3.05, 3.63) is 126 Å². The van der Waals surface area contributed by atoms with E-state index in [2.05, 4.69) is 5.32 Å². The summed E-state index contributed by atoms with van der Waals surface area (Å²) in [6.07, 6.45) is 0.125. The Morgan fingerprint density at radius 3 is 2.07 bits per heavy atom. The van der Waals surface area contributed by atoms with E-state index in [1.165, 1.54) is 42.3 Å². The Morgan fingerprint density at radius 1 is 0.841 bits per heavy atom. The Labute approximate surface area is 258 Å². The van der Waals surface area contributed by atoms with Gasteiger partial charge in [0, 0.05) is 24.6 Å². The van der Waals surface area contributed by atoms with Crippen LogP contribution in [0.5, 0.6) is 5.75 Å². The van der Waals surface area contributed by atoms with Crippen LogP contribution in [0.1, 0.15) is 25.0 Å². The highest BCUT2D eigenvalue weighted by atomic mass is 32.2. The first kappa shape index (κ1) is 32.2. The fourth-order valence-corrected chi connectivity index (χ4v) is 6.26. The monoisotopic (exact) mass is 617 g/mol. The average Bonchev–Trinajstić information content (AvgIpc) is 3.02. The summed E-state index contributed by atoms with van der Waals surface area (Å²) in [5, 5.41) is 2.88. The van der Waals surface area contributed by atoms with Gasteiger partial charge in [0.2, 0.25) is 11.8 Å². The molecule has 4 rings (SSSR count). The van der Waals surface area contributed by atoms with Crippen molar-refractivity contribution in [2.24, 2.45) is 0 Å². The van der Waals surface area contributed by atoms with Gasteiger partial charge in [-0.25, -0.2) is 12.8 Å². The van der Waals surface area contributed by atoms with Gasteiger partial charge in [-0.2, -0.15) is 0 Å². The van der Waals surface area contributed by atoms with Crippen LogP contribution in [-0.2, 0) is 32.6 Å². The number of carbonyl (C=O) groups is 2. The number of hydrogen-bond donors (Lipinski definition) is 1. The van der Waals surface area contributed by atoms with E-state index in [0.717, 1.165) is 9.87 Å². The smallest absolute Gasteiger partial charge is 0.264 e. The molecule has 230 valence electrons. The molecular formula is C34H36FN3O5S. The van der Waals surface area contributed by atoms with Crippen LogP contribution >= 0.6 is 0 Å². The maximum atomic E-state index is 15.0. The van der Waals surface area contributed by atoms with Gasteiger partial charge in [-0.15, -0.1) is 0 Å². The molecule has 0 radical (unpaired) electrons. The number of carbonyl (C=O) groups excluding carboxylic acids is 2. The van der Waals surface area contributed by atoms with Crippen molar-refractivity contribution in [3.8, 4) is 5.75 Å². The third-order valence-electron chi connectivity index (χ3n) is 6.96. The number of rotatable bonds is 13. The van der Waals surface area contributed by atoms with Crippen molar-refractivity contribution < 1.29 is 27.1 Å². The van der Waals surface area contributed by atoms with Crippen LogP contribution < -0.4 is 14.4 Å². The molecule has 0 aliphatic heterocycles. The molecule has 0 bridgehead atoms. The van der Waals surface area contributed by atoms with E-state index < -0.39 is 40.2 Å². The first-order chi connectivity index (χ1) is 21.1. The second-order valence-corrected chi connectivity index (χ2v) is 12.3. The molecule has 44 heavy (non-hydrogen) atoms. The van der Waals surface area contributed by atoms with Crippen LogP contribution in [-0.4, -0.2) is 50.9 Å². The van der Waals surface area contributed by atoms with E-state index in [4.69, 9.17) is 4.74 Å². The highest BCUT2D eigenvalue weighted by Gasteiger charge is 2.36. The summed E-state index contributed by atoms with van der Waals surface area (Å²) < 4.78 is 49.6.